The number of carbonyl (C=O) groups is 1. The first kappa shape index (κ1) is 28.5. The van der Waals surface area contributed by atoms with Gasteiger partial charge in [-0.15, -0.1) is 0 Å². The van der Waals surface area contributed by atoms with Gasteiger partial charge in [0.1, 0.15) is 5.82 Å². The lowest BCUT2D eigenvalue weighted by Gasteiger charge is -2.15. The number of sulfone groups is 1. The van der Waals surface area contributed by atoms with Crippen LogP contribution in [0.5, 0.6) is 0 Å². The molecule has 1 aliphatic heterocycles. The Hall–Kier alpha value is -4.01. The van der Waals surface area contributed by atoms with Crippen molar-refractivity contribution in [3.05, 3.63) is 76.7 Å². The number of rotatable bonds is 4. The molecule has 4 aromatic rings. The molecule has 2 aromatic carbocycles. The molecule has 5 rings (SSSR count). The first-order valence-electron chi connectivity index (χ1n) is 12.0. The van der Waals surface area contributed by atoms with Crippen LogP contribution in [0.4, 0.5) is 36.4 Å². The second kappa shape index (κ2) is 9.82. The van der Waals surface area contributed by atoms with Gasteiger partial charge >= 0.3 is 12.4 Å². The van der Waals surface area contributed by atoms with E-state index < -0.39 is 56.8 Å². The minimum Gasteiger partial charge on any atom is -0.322 e. The topological polar surface area (TPSA) is 93.9 Å². The molecule has 2 aromatic heterocycles. The maximum absolute atomic E-state index is 13.6. The average molecular weight is 601 g/mol. The van der Waals surface area contributed by atoms with Crippen LogP contribution in [0.3, 0.4) is 0 Å². The van der Waals surface area contributed by atoms with E-state index in [9.17, 15) is 43.9 Å². The Morgan fingerprint density at radius 2 is 1.59 bits per heavy atom. The van der Waals surface area contributed by atoms with Gasteiger partial charge < -0.3 is 5.32 Å². The number of nitrogens with one attached hydrogen (secondary N) is 1. The minimum absolute atomic E-state index is 0.0588. The summed E-state index contributed by atoms with van der Waals surface area (Å²) in [7, 11) is -3.36. The summed E-state index contributed by atoms with van der Waals surface area (Å²) >= 11 is 0. The molecule has 3 heterocycles. The number of aryl methyl sites for hydroxylation is 1. The van der Waals surface area contributed by atoms with Crippen molar-refractivity contribution in [2.24, 2.45) is 0 Å². The van der Waals surface area contributed by atoms with Gasteiger partial charge in [-0.25, -0.2) is 22.5 Å². The zero-order valence-corrected chi connectivity index (χ0v) is 21.8. The van der Waals surface area contributed by atoms with Gasteiger partial charge in [-0.05, 0) is 61.9 Å². The molecular weight excluding hydrogens is 581 g/mol. The molecule has 1 amide bonds. The van der Waals surface area contributed by atoms with Gasteiger partial charge in [0.05, 0.1) is 51.0 Å². The standard InChI is InChI=1S/C26H19F7N4O3S/c1-13-22-20(24(38)34-18-9-15(25(28,29)30)8-16(10-18)26(31,32)33)11-21(14-2-4-17(27)5-3-14)35-23(22)37(36-13)19-6-7-41(39,40)12-19/h2-5,8-11,19H,6-7,12H2,1H3,(H,34,38). The van der Waals surface area contributed by atoms with E-state index in [1.807, 2.05) is 0 Å². The van der Waals surface area contributed by atoms with Crippen LogP contribution in [-0.4, -0.2) is 40.6 Å². The second-order valence-corrected chi connectivity index (χ2v) is 11.8. The highest BCUT2D eigenvalue weighted by Gasteiger charge is 2.37. The van der Waals surface area contributed by atoms with E-state index in [0.29, 0.717) is 17.7 Å². The monoisotopic (exact) mass is 600 g/mol. The predicted molar refractivity (Wildman–Crippen MR) is 134 cm³/mol. The van der Waals surface area contributed by atoms with Gasteiger partial charge in [0.15, 0.2) is 15.5 Å². The van der Waals surface area contributed by atoms with E-state index in [1.54, 1.807) is 0 Å². The first-order chi connectivity index (χ1) is 19.0. The fraction of sp³-hybridized carbons (Fsp3) is 0.269. The Morgan fingerprint density at radius 1 is 0.976 bits per heavy atom. The van der Waals surface area contributed by atoms with Crippen molar-refractivity contribution >= 4 is 32.5 Å². The van der Waals surface area contributed by atoms with Crippen molar-refractivity contribution in [2.75, 3.05) is 16.8 Å². The van der Waals surface area contributed by atoms with Gasteiger partial charge in [0.2, 0.25) is 0 Å². The van der Waals surface area contributed by atoms with Crippen LogP contribution in [0, 0.1) is 12.7 Å². The zero-order chi connectivity index (χ0) is 29.9. The van der Waals surface area contributed by atoms with Gasteiger partial charge in [0.25, 0.3) is 5.91 Å². The predicted octanol–water partition coefficient (Wildman–Crippen LogP) is 6.20. The van der Waals surface area contributed by atoms with E-state index in [4.69, 9.17) is 0 Å². The van der Waals surface area contributed by atoms with Crippen LogP contribution >= 0.6 is 0 Å². The van der Waals surface area contributed by atoms with Crippen LogP contribution in [0.25, 0.3) is 22.3 Å². The third kappa shape index (κ3) is 5.76. The number of hydrogen-bond acceptors (Lipinski definition) is 5. The smallest absolute Gasteiger partial charge is 0.322 e. The first-order valence-corrected chi connectivity index (χ1v) is 13.8. The highest BCUT2D eigenvalue weighted by atomic mass is 32.2. The molecule has 0 aliphatic carbocycles. The van der Waals surface area contributed by atoms with Crippen molar-refractivity contribution < 1.29 is 43.9 Å². The minimum atomic E-state index is -5.13. The number of hydrogen-bond donors (Lipinski definition) is 1. The van der Waals surface area contributed by atoms with E-state index in [1.165, 1.54) is 29.8 Å². The Morgan fingerprint density at radius 3 is 2.12 bits per heavy atom. The molecule has 1 atom stereocenters. The lowest BCUT2D eigenvalue weighted by atomic mass is 10.0. The van der Waals surface area contributed by atoms with Crippen molar-refractivity contribution in [1.82, 2.24) is 14.8 Å². The second-order valence-electron chi connectivity index (χ2n) is 9.60. The number of aromatic nitrogens is 3. The summed E-state index contributed by atoms with van der Waals surface area (Å²) in [5.41, 5.74) is -3.40. The maximum Gasteiger partial charge on any atom is 0.416 e. The van der Waals surface area contributed by atoms with E-state index in [0.717, 1.165) is 12.1 Å². The molecule has 1 fully saturated rings. The zero-order valence-electron chi connectivity index (χ0n) is 20.9. The maximum atomic E-state index is 13.6. The summed E-state index contributed by atoms with van der Waals surface area (Å²) in [6.45, 7) is 1.50. The number of nitrogens with zero attached hydrogens (tertiary/aromatic N) is 3. The quantitative estimate of drug-likeness (QED) is 0.282. The number of amides is 1. The summed E-state index contributed by atoms with van der Waals surface area (Å²) in [5.74, 6) is -1.96. The Bertz CT molecular complexity index is 1750. The van der Waals surface area contributed by atoms with Gasteiger partial charge in [-0.3, -0.25) is 4.79 Å². The van der Waals surface area contributed by atoms with E-state index in [2.05, 4.69) is 15.4 Å². The number of carbonyl (C=O) groups excluding carboxylic acids is 1. The SMILES string of the molecule is Cc1nn(C2CCS(=O)(=O)C2)c2nc(-c3ccc(F)cc3)cc(C(=O)Nc3cc(C(F)(F)F)cc(C(F)(F)F)c3)c12. The molecule has 1 unspecified atom stereocenters. The molecular formula is C26H19F7N4O3S. The number of halogens is 7. The summed E-state index contributed by atoms with van der Waals surface area (Å²) in [5, 5.41) is 6.63. The lowest BCUT2D eigenvalue weighted by Crippen LogP contribution is -2.17. The molecule has 0 bridgehead atoms. The Kier molecular flexibility index (Phi) is 6.83. The summed E-state index contributed by atoms with van der Waals surface area (Å²) in [6, 6.07) is 6.33. The highest BCUT2D eigenvalue weighted by Crippen LogP contribution is 2.38. The Labute approximate surface area is 227 Å². The lowest BCUT2D eigenvalue weighted by molar-refractivity contribution is -0.143. The molecule has 0 spiro atoms. The fourth-order valence-electron chi connectivity index (χ4n) is 4.71. The highest BCUT2D eigenvalue weighted by molar-refractivity contribution is 7.91. The van der Waals surface area contributed by atoms with Crippen LogP contribution in [-0.2, 0) is 22.2 Å². The van der Waals surface area contributed by atoms with Crippen molar-refractivity contribution in [3.63, 3.8) is 0 Å². The largest absolute Gasteiger partial charge is 0.416 e. The van der Waals surface area contributed by atoms with Crippen molar-refractivity contribution in [3.8, 4) is 11.3 Å². The number of anilines is 1. The average Bonchev–Trinajstić information content (AvgIpc) is 3.41. The van der Waals surface area contributed by atoms with E-state index in [-0.39, 0.29) is 52.0 Å². The normalized spacial score (nSPS) is 17.2. The van der Waals surface area contributed by atoms with Gasteiger partial charge in [-0.2, -0.15) is 31.4 Å². The molecule has 0 saturated carbocycles. The summed E-state index contributed by atoms with van der Waals surface area (Å²) < 4.78 is 119. The molecule has 15 heteroatoms. The molecule has 216 valence electrons. The molecule has 1 N–H and O–H groups in total. The van der Waals surface area contributed by atoms with Crippen LogP contribution < -0.4 is 5.32 Å². The number of pyridine rings is 1. The fourth-order valence-corrected chi connectivity index (χ4v) is 6.40. The molecule has 41 heavy (non-hydrogen) atoms. The third-order valence-corrected chi connectivity index (χ3v) is 8.37. The van der Waals surface area contributed by atoms with Crippen LogP contribution in [0.15, 0.2) is 48.5 Å². The summed E-state index contributed by atoms with van der Waals surface area (Å²) in [4.78, 5) is 18.0. The van der Waals surface area contributed by atoms with Gasteiger partial charge in [0, 0.05) is 11.3 Å². The molecule has 7 nitrogen and oxygen atoms in total. The number of alkyl halides is 6. The Balaban J connectivity index is 1.66. The van der Waals surface area contributed by atoms with Crippen LogP contribution in [0.1, 0.15) is 39.6 Å². The van der Waals surface area contributed by atoms with Gasteiger partial charge in [-0.1, -0.05) is 0 Å². The molecule has 1 saturated heterocycles. The van der Waals surface area contributed by atoms with E-state index >= 15 is 0 Å². The number of fused-ring (bicyclic) bond motifs is 1. The molecule has 1 aliphatic rings. The third-order valence-electron chi connectivity index (χ3n) is 6.62. The molecule has 0 radical (unpaired) electrons. The van der Waals surface area contributed by atoms with Crippen molar-refractivity contribution in [1.29, 1.82) is 0 Å². The number of benzene rings is 2. The summed E-state index contributed by atoms with van der Waals surface area (Å²) in [6.07, 6.45) is -10.0. The van der Waals surface area contributed by atoms with Crippen molar-refractivity contribution in [2.45, 2.75) is 31.7 Å². The van der Waals surface area contributed by atoms with Crippen LogP contribution in [0.2, 0.25) is 0 Å².